The van der Waals surface area contributed by atoms with Gasteiger partial charge in [0.25, 0.3) is 0 Å². The third kappa shape index (κ3) is 10.3. The largest absolute Gasteiger partial charge is 0.459 e. The van der Waals surface area contributed by atoms with Crippen molar-refractivity contribution in [3.8, 4) is 5.75 Å². The summed E-state index contributed by atoms with van der Waals surface area (Å²) in [7, 11) is 0. The first-order valence-corrected chi connectivity index (χ1v) is 23.8. The number of ketones is 3. The van der Waals surface area contributed by atoms with Crippen LogP contribution in [0.15, 0.2) is 109 Å². The van der Waals surface area contributed by atoms with Crippen LogP contribution in [0.2, 0.25) is 0 Å². The molecule has 0 spiro atoms. The van der Waals surface area contributed by atoms with Crippen molar-refractivity contribution in [3.63, 3.8) is 0 Å². The maximum Gasteiger partial charge on any atom is 0.338 e. The van der Waals surface area contributed by atoms with E-state index < -0.39 is 11.9 Å². The molecule has 69 heavy (non-hydrogen) atoms. The average molecular weight is 925 g/mol. The monoisotopic (exact) mass is 924 g/mol. The molecule has 0 unspecified atom stereocenters. The minimum atomic E-state index is -0.444. The molecule has 0 saturated carbocycles. The zero-order valence-corrected chi connectivity index (χ0v) is 41.5. The fraction of sp³-hybridized carbons (Fsp3) is 0.300. The standard InChI is InChI=1S/C60H60O9/c1-31(2)49-52(55(61)43-18-13-39-28-46(21-16-37(39)25-43)59(65)67-35(9)10)50(32(3)4)54(57(63)45-20-15-42-30-48(24-23-41(42)27-45)69-58(64)34(7)8)51(33(5)6)53(49)56(62)44-19-14-40-29-47(22-17-38(40)26-44)60(66)68-36(11)12/h13-36H,1-12H3. The fourth-order valence-electron chi connectivity index (χ4n) is 8.96. The van der Waals surface area contributed by atoms with Gasteiger partial charge in [-0.2, -0.15) is 0 Å². The minimum Gasteiger partial charge on any atom is -0.459 e. The molecule has 0 saturated heterocycles. The van der Waals surface area contributed by atoms with Gasteiger partial charge in [0.05, 0.1) is 29.3 Å². The van der Waals surface area contributed by atoms with Crippen molar-refractivity contribution in [2.24, 2.45) is 5.92 Å². The third-order valence-electron chi connectivity index (χ3n) is 12.2. The van der Waals surface area contributed by atoms with Crippen molar-refractivity contribution in [2.45, 2.75) is 113 Å². The van der Waals surface area contributed by atoms with E-state index in [1.807, 2.05) is 47.6 Å². The van der Waals surface area contributed by atoms with E-state index >= 15 is 14.4 Å². The van der Waals surface area contributed by atoms with E-state index in [-0.39, 0.29) is 59.2 Å². The van der Waals surface area contributed by atoms with Crippen LogP contribution in [0.4, 0.5) is 0 Å². The van der Waals surface area contributed by atoms with E-state index in [0.717, 1.165) is 32.3 Å². The Kier molecular flexibility index (Phi) is 14.5. The van der Waals surface area contributed by atoms with Gasteiger partial charge in [0.1, 0.15) is 5.75 Å². The molecule has 0 aliphatic carbocycles. The number of fused-ring (bicyclic) bond motifs is 3. The average Bonchev–Trinajstić information content (AvgIpc) is 3.30. The number of carbonyl (C=O) groups excluding carboxylic acids is 6. The second-order valence-corrected chi connectivity index (χ2v) is 19.6. The highest BCUT2D eigenvalue weighted by atomic mass is 16.5. The van der Waals surface area contributed by atoms with Gasteiger partial charge in [-0.05, 0) is 149 Å². The van der Waals surface area contributed by atoms with Crippen molar-refractivity contribution < 1.29 is 43.0 Å². The van der Waals surface area contributed by atoms with Crippen LogP contribution in [0.3, 0.4) is 0 Å². The summed E-state index contributed by atoms with van der Waals surface area (Å²) < 4.78 is 16.5. The smallest absolute Gasteiger partial charge is 0.338 e. The molecule has 0 atom stereocenters. The lowest BCUT2D eigenvalue weighted by atomic mass is 9.71. The molecule has 0 heterocycles. The maximum absolute atomic E-state index is 15.6. The van der Waals surface area contributed by atoms with E-state index in [0.29, 0.717) is 66.9 Å². The van der Waals surface area contributed by atoms with Gasteiger partial charge in [0, 0.05) is 33.4 Å². The first kappa shape index (κ1) is 49.6. The molecule has 0 N–H and O–H groups in total. The van der Waals surface area contributed by atoms with Crippen molar-refractivity contribution in [1.82, 2.24) is 0 Å². The highest BCUT2D eigenvalue weighted by Crippen LogP contribution is 2.43. The predicted octanol–water partition coefficient (Wildman–Crippen LogP) is 13.9. The van der Waals surface area contributed by atoms with E-state index in [4.69, 9.17) is 14.2 Å². The van der Waals surface area contributed by atoms with Gasteiger partial charge in [-0.3, -0.25) is 19.2 Å². The first-order valence-electron chi connectivity index (χ1n) is 23.8. The summed E-state index contributed by atoms with van der Waals surface area (Å²) in [5.74, 6) is -3.24. The molecule has 0 amide bonds. The summed E-state index contributed by atoms with van der Waals surface area (Å²) in [5, 5.41) is 4.42. The number of carbonyl (C=O) groups is 6. The second-order valence-electron chi connectivity index (χ2n) is 19.6. The Hall–Kier alpha value is -7.26. The van der Waals surface area contributed by atoms with Gasteiger partial charge in [-0.15, -0.1) is 0 Å². The van der Waals surface area contributed by atoms with E-state index in [1.54, 1.807) is 145 Å². The molecule has 0 aliphatic heterocycles. The summed E-state index contributed by atoms with van der Waals surface area (Å²) in [6.45, 7) is 22.5. The summed E-state index contributed by atoms with van der Waals surface area (Å²) in [6.07, 6.45) is -0.579. The van der Waals surface area contributed by atoms with Crippen LogP contribution in [0.25, 0.3) is 32.3 Å². The van der Waals surface area contributed by atoms with Crippen LogP contribution in [-0.4, -0.2) is 47.5 Å². The van der Waals surface area contributed by atoms with Crippen LogP contribution < -0.4 is 4.74 Å². The Balaban J connectivity index is 1.47. The second kappa shape index (κ2) is 20.1. The summed E-state index contributed by atoms with van der Waals surface area (Å²) >= 11 is 0. The van der Waals surface area contributed by atoms with Gasteiger partial charge < -0.3 is 14.2 Å². The quantitative estimate of drug-likeness (QED) is 0.0560. The molecule has 354 valence electrons. The van der Waals surface area contributed by atoms with E-state index in [1.165, 1.54) is 0 Å². The number of esters is 3. The van der Waals surface area contributed by atoms with E-state index in [9.17, 15) is 14.4 Å². The van der Waals surface area contributed by atoms with Gasteiger partial charge in [0.15, 0.2) is 17.3 Å². The van der Waals surface area contributed by atoms with Crippen molar-refractivity contribution in [2.75, 3.05) is 0 Å². The summed E-state index contributed by atoms with van der Waals surface area (Å²) in [6, 6.07) is 31.6. The number of benzene rings is 7. The summed E-state index contributed by atoms with van der Waals surface area (Å²) in [4.78, 5) is 84.9. The molecule has 0 aromatic heterocycles. The molecule has 0 radical (unpaired) electrons. The number of rotatable bonds is 15. The SMILES string of the molecule is CC(C)OC(=O)c1ccc2cc(C(=O)c3c(C(C)C)c(C(=O)c4ccc5cc(OC(=O)C(C)C)ccc5c4)c(C(C)C)c(C(=O)c4ccc5cc(C(=O)OC(C)C)ccc5c4)c3C(C)C)ccc2c1. The lowest BCUT2D eigenvalue weighted by molar-refractivity contribution is -0.137. The fourth-order valence-corrected chi connectivity index (χ4v) is 8.96. The zero-order chi connectivity index (χ0) is 50.2. The number of hydrogen-bond donors (Lipinski definition) is 0. The molecular weight excluding hydrogens is 865 g/mol. The normalized spacial score (nSPS) is 11.7. The number of hydrogen-bond acceptors (Lipinski definition) is 9. The molecular formula is C60H60O9. The van der Waals surface area contributed by atoms with Crippen LogP contribution >= 0.6 is 0 Å². The lowest BCUT2D eigenvalue weighted by Gasteiger charge is -2.30. The molecule has 0 fully saturated rings. The highest BCUT2D eigenvalue weighted by molar-refractivity contribution is 6.22. The van der Waals surface area contributed by atoms with Gasteiger partial charge in [-0.25, -0.2) is 9.59 Å². The Morgan fingerprint density at radius 2 is 0.623 bits per heavy atom. The maximum atomic E-state index is 15.6. The van der Waals surface area contributed by atoms with Gasteiger partial charge >= 0.3 is 17.9 Å². The molecule has 9 heteroatoms. The zero-order valence-electron chi connectivity index (χ0n) is 41.5. The Bertz CT molecular complexity index is 3070. The van der Waals surface area contributed by atoms with Crippen LogP contribution in [0.5, 0.6) is 5.75 Å². The van der Waals surface area contributed by atoms with Crippen molar-refractivity contribution in [3.05, 3.63) is 170 Å². The Labute approximate surface area is 404 Å². The van der Waals surface area contributed by atoms with Crippen LogP contribution in [-0.2, 0) is 14.3 Å². The predicted molar refractivity (Wildman–Crippen MR) is 272 cm³/mol. The topological polar surface area (TPSA) is 130 Å². The molecule has 0 bridgehead atoms. The number of ether oxygens (including phenoxy) is 3. The van der Waals surface area contributed by atoms with Gasteiger partial charge in [-0.1, -0.05) is 110 Å². The molecule has 7 aromatic carbocycles. The third-order valence-corrected chi connectivity index (χ3v) is 12.2. The molecule has 0 aliphatic rings. The minimum absolute atomic E-state index is 0.289. The Morgan fingerprint density at radius 1 is 0.348 bits per heavy atom. The van der Waals surface area contributed by atoms with Crippen LogP contribution in [0, 0.1) is 5.92 Å². The molecule has 7 rings (SSSR count). The summed E-state index contributed by atoms with van der Waals surface area (Å²) in [5.41, 5.74) is 4.43. The van der Waals surface area contributed by atoms with Crippen LogP contribution in [0.1, 0.15) is 186 Å². The molecule has 7 aromatic rings. The van der Waals surface area contributed by atoms with Gasteiger partial charge in [0.2, 0.25) is 0 Å². The lowest BCUT2D eigenvalue weighted by Crippen LogP contribution is -2.25. The van der Waals surface area contributed by atoms with Crippen molar-refractivity contribution in [1.29, 1.82) is 0 Å². The van der Waals surface area contributed by atoms with E-state index in [2.05, 4.69) is 0 Å². The molecule has 9 nitrogen and oxygen atoms in total. The Morgan fingerprint density at radius 3 is 0.913 bits per heavy atom. The van der Waals surface area contributed by atoms with Crippen molar-refractivity contribution >= 4 is 67.6 Å². The first-order chi connectivity index (χ1) is 32.6. The highest BCUT2D eigenvalue weighted by Gasteiger charge is 2.37.